The summed E-state index contributed by atoms with van der Waals surface area (Å²) in [5.74, 6) is -0.783. The Labute approximate surface area is 246 Å². The van der Waals surface area contributed by atoms with Gasteiger partial charge in [-0.3, -0.25) is 13.9 Å². The van der Waals surface area contributed by atoms with Crippen molar-refractivity contribution in [2.75, 3.05) is 10.8 Å². The molecular formula is C28H31BrIN3O4S. The molecule has 0 saturated heterocycles. The highest BCUT2D eigenvalue weighted by molar-refractivity contribution is 14.1. The van der Waals surface area contributed by atoms with E-state index >= 15 is 0 Å². The van der Waals surface area contributed by atoms with E-state index in [9.17, 15) is 18.0 Å². The van der Waals surface area contributed by atoms with E-state index in [0.717, 1.165) is 24.3 Å². The zero-order chi connectivity index (χ0) is 27.9. The van der Waals surface area contributed by atoms with Crippen molar-refractivity contribution in [2.24, 2.45) is 0 Å². The molecule has 10 heteroatoms. The lowest BCUT2D eigenvalue weighted by Gasteiger charge is -2.32. The second-order valence-electron chi connectivity index (χ2n) is 8.94. The Morgan fingerprint density at radius 3 is 2.13 bits per heavy atom. The molecule has 0 aliphatic rings. The van der Waals surface area contributed by atoms with Gasteiger partial charge < -0.3 is 10.2 Å². The van der Waals surface area contributed by atoms with Crippen molar-refractivity contribution in [3.8, 4) is 0 Å². The molecule has 0 heterocycles. The van der Waals surface area contributed by atoms with Gasteiger partial charge in [-0.05, 0) is 97.0 Å². The number of halogens is 2. The summed E-state index contributed by atoms with van der Waals surface area (Å²) in [7, 11) is -4.07. The predicted molar refractivity (Wildman–Crippen MR) is 162 cm³/mol. The first-order chi connectivity index (χ1) is 18.0. The fourth-order valence-corrected chi connectivity index (χ4v) is 5.75. The highest BCUT2D eigenvalue weighted by Crippen LogP contribution is 2.25. The van der Waals surface area contributed by atoms with Gasteiger partial charge in [0.25, 0.3) is 10.0 Å². The van der Waals surface area contributed by atoms with Crippen molar-refractivity contribution in [1.29, 1.82) is 0 Å². The number of sulfonamides is 1. The molecule has 2 unspecified atom stereocenters. The lowest BCUT2D eigenvalue weighted by atomic mass is 10.1. The third kappa shape index (κ3) is 7.79. The highest BCUT2D eigenvalue weighted by Gasteiger charge is 2.32. The van der Waals surface area contributed by atoms with Crippen LogP contribution in [0.25, 0.3) is 0 Å². The number of hydrogen-bond donors (Lipinski definition) is 1. The monoisotopic (exact) mass is 711 g/mol. The van der Waals surface area contributed by atoms with Crippen LogP contribution in [0.5, 0.6) is 0 Å². The number of nitrogens with zero attached hydrogens (tertiary/aromatic N) is 2. The Morgan fingerprint density at radius 1 is 0.947 bits per heavy atom. The molecule has 0 fully saturated rings. The summed E-state index contributed by atoms with van der Waals surface area (Å²) in [6, 6.07) is 21.5. The quantitative estimate of drug-likeness (QED) is 0.263. The van der Waals surface area contributed by atoms with Crippen molar-refractivity contribution < 1.29 is 18.0 Å². The minimum absolute atomic E-state index is 0.0590. The topological polar surface area (TPSA) is 86.8 Å². The summed E-state index contributed by atoms with van der Waals surface area (Å²) in [6.07, 6.45) is 0.745. The lowest BCUT2D eigenvalue weighted by molar-refractivity contribution is -0.139. The van der Waals surface area contributed by atoms with Crippen LogP contribution in [-0.4, -0.2) is 43.8 Å². The molecule has 3 aromatic rings. The Hall–Kier alpha value is -2.44. The SMILES string of the molecule is CCC(C)NC(=O)C(C)N(Cc1ccc(Br)cc1)C(=O)CN(c1ccc(I)cc1)S(=O)(=O)c1ccccc1. The molecule has 3 rings (SSSR count). The van der Waals surface area contributed by atoms with Crippen molar-refractivity contribution in [1.82, 2.24) is 10.2 Å². The van der Waals surface area contributed by atoms with Gasteiger partial charge in [0.1, 0.15) is 12.6 Å². The van der Waals surface area contributed by atoms with E-state index in [1.807, 2.05) is 38.1 Å². The van der Waals surface area contributed by atoms with Gasteiger partial charge in [0, 0.05) is 20.6 Å². The molecule has 0 aromatic heterocycles. The molecule has 0 radical (unpaired) electrons. The van der Waals surface area contributed by atoms with Crippen LogP contribution >= 0.6 is 38.5 Å². The van der Waals surface area contributed by atoms with E-state index in [0.29, 0.717) is 5.69 Å². The maximum atomic E-state index is 13.9. The molecule has 2 atom stereocenters. The number of benzene rings is 3. The fourth-order valence-electron chi connectivity index (χ4n) is 3.69. The maximum absolute atomic E-state index is 13.9. The minimum atomic E-state index is -4.07. The number of anilines is 1. The van der Waals surface area contributed by atoms with Gasteiger partial charge in [0.15, 0.2) is 0 Å². The first-order valence-electron chi connectivity index (χ1n) is 12.2. The maximum Gasteiger partial charge on any atom is 0.264 e. The van der Waals surface area contributed by atoms with Gasteiger partial charge in [0.2, 0.25) is 11.8 Å². The summed E-state index contributed by atoms with van der Waals surface area (Å²) in [4.78, 5) is 28.5. The van der Waals surface area contributed by atoms with E-state index in [2.05, 4.69) is 43.8 Å². The lowest BCUT2D eigenvalue weighted by Crippen LogP contribution is -2.52. The molecule has 1 N–H and O–H groups in total. The summed E-state index contributed by atoms with van der Waals surface area (Å²) >= 11 is 5.56. The Bertz CT molecular complexity index is 1340. The predicted octanol–water partition coefficient (Wildman–Crippen LogP) is 5.58. The molecule has 0 spiro atoms. The Kier molecular flexibility index (Phi) is 10.8. The van der Waals surface area contributed by atoms with Crippen molar-refractivity contribution >= 4 is 66.0 Å². The molecule has 38 heavy (non-hydrogen) atoms. The third-order valence-corrected chi connectivity index (χ3v) is 9.20. The zero-order valence-electron chi connectivity index (χ0n) is 21.5. The van der Waals surface area contributed by atoms with Crippen LogP contribution in [0.4, 0.5) is 5.69 Å². The Balaban J connectivity index is 2.00. The standard InChI is InChI=1S/C28H31BrIN3O4S/c1-4-20(2)31-28(35)21(3)32(18-22-10-12-23(29)13-11-22)27(34)19-33(25-16-14-24(30)15-17-25)38(36,37)26-8-6-5-7-9-26/h5-17,20-21H,4,18-19H2,1-3H3,(H,31,35). The van der Waals surface area contributed by atoms with Crippen molar-refractivity contribution in [2.45, 2.75) is 50.7 Å². The molecular weight excluding hydrogens is 681 g/mol. The fraction of sp³-hybridized carbons (Fsp3) is 0.286. The summed E-state index contributed by atoms with van der Waals surface area (Å²) in [5, 5.41) is 2.93. The van der Waals surface area contributed by atoms with Gasteiger partial charge >= 0.3 is 0 Å². The zero-order valence-corrected chi connectivity index (χ0v) is 26.0. The molecule has 7 nitrogen and oxygen atoms in total. The van der Waals surface area contributed by atoms with Crippen LogP contribution in [-0.2, 0) is 26.2 Å². The molecule has 202 valence electrons. The van der Waals surface area contributed by atoms with E-state index in [-0.39, 0.29) is 23.4 Å². The summed E-state index contributed by atoms with van der Waals surface area (Å²) in [5.41, 5.74) is 1.18. The molecule has 0 aliphatic heterocycles. The van der Waals surface area contributed by atoms with E-state index < -0.39 is 28.5 Å². The van der Waals surface area contributed by atoms with E-state index in [1.165, 1.54) is 17.0 Å². The second kappa shape index (κ2) is 13.6. The Morgan fingerprint density at radius 2 is 1.55 bits per heavy atom. The molecule has 3 aromatic carbocycles. The average Bonchev–Trinajstić information content (AvgIpc) is 2.91. The summed E-state index contributed by atoms with van der Waals surface area (Å²) < 4.78 is 30.4. The van der Waals surface area contributed by atoms with Gasteiger partial charge in [-0.2, -0.15) is 0 Å². The van der Waals surface area contributed by atoms with Crippen LogP contribution < -0.4 is 9.62 Å². The van der Waals surface area contributed by atoms with Crippen LogP contribution in [0.3, 0.4) is 0 Å². The van der Waals surface area contributed by atoms with Crippen LogP contribution in [0, 0.1) is 3.57 Å². The summed E-state index contributed by atoms with van der Waals surface area (Å²) in [6.45, 7) is 5.21. The highest BCUT2D eigenvalue weighted by atomic mass is 127. The first kappa shape index (κ1) is 30.1. The molecule has 2 amide bonds. The van der Waals surface area contributed by atoms with Gasteiger partial charge in [-0.25, -0.2) is 8.42 Å². The number of rotatable bonds is 11. The van der Waals surface area contributed by atoms with Crippen molar-refractivity contribution in [3.05, 3.63) is 92.5 Å². The normalized spacial score (nSPS) is 12.9. The van der Waals surface area contributed by atoms with E-state index in [4.69, 9.17) is 0 Å². The molecule has 0 bridgehead atoms. The van der Waals surface area contributed by atoms with Crippen LogP contribution in [0.1, 0.15) is 32.8 Å². The molecule has 0 aliphatic carbocycles. The number of carbonyl (C=O) groups excluding carboxylic acids is 2. The first-order valence-corrected chi connectivity index (χ1v) is 15.5. The van der Waals surface area contributed by atoms with Gasteiger partial charge in [-0.1, -0.05) is 53.2 Å². The number of carbonyl (C=O) groups is 2. The van der Waals surface area contributed by atoms with Gasteiger partial charge in [0.05, 0.1) is 10.6 Å². The smallest absolute Gasteiger partial charge is 0.264 e. The number of hydrogen-bond acceptors (Lipinski definition) is 4. The third-order valence-electron chi connectivity index (χ3n) is 6.16. The van der Waals surface area contributed by atoms with Gasteiger partial charge in [-0.15, -0.1) is 0 Å². The number of amides is 2. The van der Waals surface area contributed by atoms with Crippen LogP contribution in [0.15, 0.2) is 88.2 Å². The second-order valence-corrected chi connectivity index (χ2v) is 13.0. The van der Waals surface area contributed by atoms with E-state index in [1.54, 1.807) is 49.4 Å². The number of nitrogens with one attached hydrogen (secondary N) is 1. The van der Waals surface area contributed by atoms with Crippen molar-refractivity contribution in [3.63, 3.8) is 0 Å². The molecule has 0 saturated carbocycles. The minimum Gasteiger partial charge on any atom is -0.352 e. The largest absolute Gasteiger partial charge is 0.352 e. The average molecular weight is 712 g/mol. The van der Waals surface area contributed by atoms with Crippen LogP contribution in [0.2, 0.25) is 0 Å².